The van der Waals surface area contributed by atoms with Crippen LogP contribution in [-0.2, 0) is 24.3 Å². The molecule has 2 aromatic heterocycles. The largest absolute Gasteiger partial charge is 0.497 e. The molecule has 6 nitrogen and oxygen atoms in total. The summed E-state index contributed by atoms with van der Waals surface area (Å²) < 4.78 is 11.3. The van der Waals surface area contributed by atoms with Crippen LogP contribution >= 0.6 is 0 Å². The molecule has 5 aromatic rings. The van der Waals surface area contributed by atoms with Gasteiger partial charge in [-0.2, -0.15) is 0 Å². The standard InChI is InChI=1S/C29H29N3O3/c1-29(16-22-18-30-26-12-5-4-11-25(22)26,28(33)31-17-20-8-7-10-23(14-20)34-2)32-19-24-15-21-9-3-6-13-27(21)35-24/h3-15,18,30,32H,16-17,19H2,1-2H3,(H,31,33)/t29-/m1/s1. The predicted molar refractivity (Wildman–Crippen MR) is 138 cm³/mol. The van der Waals surface area contributed by atoms with E-state index in [1.807, 2.05) is 85.9 Å². The van der Waals surface area contributed by atoms with Crippen molar-refractivity contribution in [1.82, 2.24) is 15.6 Å². The average Bonchev–Trinajstić information content (AvgIpc) is 3.50. The van der Waals surface area contributed by atoms with Crippen molar-refractivity contribution in [3.05, 3.63) is 102 Å². The van der Waals surface area contributed by atoms with Gasteiger partial charge in [-0.15, -0.1) is 0 Å². The second-order valence-electron chi connectivity index (χ2n) is 9.01. The molecule has 0 bridgehead atoms. The quantitative estimate of drug-likeness (QED) is 0.274. The van der Waals surface area contributed by atoms with E-state index in [4.69, 9.17) is 9.15 Å². The number of carbonyl (C=O) groups excluding carboxylic acids is 1. The molecule has 6 heteroatoms. The molecule has 0 radical (unpaired) electrons. The van der Waals surface area contributed by atoms with Gasteiger partial charge < -0.3 is 19.5 Å². The Balaban J connectivity index is 1.38. The minimum absolute atomic E-state index is 0.0817. The molecule has 0 saturated heterocycles. The van der Waals surface area contributed by atoms with E-state index >= 15 is 0 Å². The lowest BCUT2D eigenvalue weighted by molar-refractivity contribution is -0.127. The average molecular weight is 468 g/mol. The molecule has 2 heterocycles. The summed E-state index contributed by atoms with van der Waals surface area (Å²) in [6, 6.07) is 25.8. The van der Waals surface area contributed by atoms with Gasteiger partial charge >= 0.3 is 0 Å². The lowest BCUT2D eigenvalue weighted by atomic mass is 9.91. The van der Waals surface area contributed by atoms with Crippen LogP contribution in [0.5, 0.6) is 5.75 Å². The van der Waals surface area contributed by atoms with Gasteiger partial charge in [-0.25, -0.2) is 0 Å². The highest BCUT2D eigenvalue weighted by molar-refractivity contribution is 5.89. The number of fused-ring (bicyclic) bond motifs is 2. The molecule has 0 aliphatic heterocycles. The van der Waals surface area contributed by atoms with Crippen LogP contribution in [0, 0.1) is 0 Å². The van der Waals surface area contributed by atoms with Gasteiger partial charge in [0, 0.05) is 35.5 Å². The summed E-state index contributed by atoms with van der Waals surface area (Å²) in [4.78, 5) is 16.9. The van der Waals surface area contributed by atoms with E-state index in [1.165, 1.54) is 0 Å². The monoisotopic (exact) mass is 467 g/mol. The number of amides is 1. The van der Waals surface area contributed by atoms with Crippen LogP contribution < -0.4 is 15.4 Å². The van der Waals surface area contributed by atoms with E-state index in [9.17, 15) is 4.79 Å². The van der Waals surface area contributed by atoms with Gasteiger partial charge in [-0.1, -0.05) is 48.5 Å². The Morgan fingerprint density at radius 3 is 2.69 bits per heavy atom. The number of nitrogens with one attached hydrogen (secondary N) is 3. The highest BCUT2D eigenvalue weighted by atomic mass is 16.5. The fourth-order valence-electron chi connectivity index (χ4n) is 4.45. The highest BCUT2D eigenvalue weighted by Crippen LogP contribution is 2.25. The number of benzene rings is 3. The van der Waals surface area contributed by atoms with E-state index < -0.39 is 5.54 Å². The number of rotatable bonds is 9. The number of aromatic amines is 1. The molecular weight excluding hydrogens is 438 g/mol. The molecule has 0 spiro atoms. The number of ether oxygens (including phenoxy) is 1. The van der Waals surface area contributed by atoms with Crippen molar-refractivity contribution in [2.75, 3.05) is 7.11 Å². The van der Waals surface area contributed by atoms with Crippen molar-refractivity contribution < 1.29 is 13.9 Å². The minimum atomic E-state index is -0.872. The Kier molecular flexibility index (Phi) is 6.29. The SMILES string of the molecule is COc1cccc(CNC(=O)[C@@](C)(Cc2c[nH]c3ccccc23)NCc2cc3ccccc3o2)c1. The number of furan rings is 1. The third-order valence-electron chi connectivity index (χ3n) is 6.44. The zero-order chi connectivity index (χ0) is 24.3. The van der Waals surface area contributed by atoms with Gasteiger partial charge in [0.2, 0.25) is 5.91 Å². The number of methoxy groups -OCH3 is 1. The van der Waals surface area contributed by atoms with E-state index in [-0.39, 0.29) is 5.91 Å². The lowest BCUT2D eigenvalue weighted by Gasteiger charge is -2.29. The van der Waals surface area contributed by atoms with E-state index in [1.54, 1.807) is 7.11 Å². The van der Waals surface area contributed by atoms with Crippen LogP contribution in [0.3, 0.4) is 0 Å². The van der Waals surface area contributed by atoms with Crippen molar-refractivity contribution in [3.8, 4) is 5.75 Å². The van der Waals surface area contributed by atoms with Gasteiger partial charge in [0.05, 0.1) is 19.2 Å². The second-order valence-corrected chi connectivity index (χ2v) is 9.01. The molecule has 35 heavy (non-hydrogen) atoms. The third kappa shape index (κ3) is 4.93. The summed E-state index contributed by atoms with van der Waals surface area (Å²) in [5.74, 6) is 1.47. The van der Waals surface area contributed by atoms with E-state index in [2.05, 4.69) is 21.7 Å². The summed E-state index contributed by atoms with van der Waals surface area (Å²) in [7, 11) is 1.64. The number of H-pyrrole nitrogens is 1. The molecular formula is C29H29N3O3. The van der Waals surface area contributed by atoms with Crippen molar-refractivity contribution in [3.63, 3.8) is 0 Å². The maximum absolute atomic E-state index is 13.6. The zero-order valence-electron chi connectivity index (χ0n) is 19.9. The number of hydrogen-bond acceptors (Lipinski definition) is 4. The normalized spacial score (nSPS) is 13.1. The number of para-hydroxylation sites is 2. The summed E-state index contributed by atoms with van der Waals surface area (Å²) in [5.41, 5.74) is 3.08. The molecule has 0 saturated carbocycles. The first kappa shape index (κ1) is 22.7. The van der Waals surface area contributed by atoms with Crippen LogP contribution in [0.2, 0.25) is 0 Å². The number of carbonyl (C=O) groups is 1. The molecule has 0 aliphatic carbocycles. The molecule has 1 atom stereocenters. The Morgan fingerprint density at radius 1 is 1.00 bits per heavy atom. The van der Waals surface area contributed by atoms with Crippen molar-refractivity contribution >= 4 is 27.8 Å². The van der Waals surface area contributed by atoms with Crippen molar-refractivity contribution in [1.29, 1.82) is 0 Å². The summed E-state index contributed by atoms with van der Waals surface area (Å²) in [5, 5.41) is 8.77. The van der Waals surface area contributed by atoms with Gasteiger partial charge in [-0.05, 0) is 48.4 Å². The predicted octanol–water partition coefficient (Wildman–Crippen LogP) is 5.33. The molecule has 3 aromatic carbocycles. The van der Waals surface area contributed by atoms with Crippen LogP contribution in [0.1, 0.15) is 23.8 Å². The molecule has 0 aliphatic rings. The summed E-state index contributed by atoms with van der Waals surface area (Å²) in [6.45, 7) is 2.78. The number of aromatic nitrogens is 1. The van der Waals surface area contributed by atoms with E-state index in [0.29, 0.717) is 19.5 Å². The summed E-state index contributed by atoms with van der Waals surface area (Å²) in [6.07, 6.45) is 2.50. The number of hydrogen-bond donors (Lipinski definition) is 3. The van der Waals surface area contributed by atoms with Crippen LogP contribution in [0.4, 0.5) is 0 Å². The summed E-state index contributed by atoms with van der Waals surface area (Å²) >= 11 is 0. The Bertz CT molecular complexity index is 1440. The van der Waals surface area contributed by atoms with Crippen LogP contribution in [-0.4, -0.2) is 23.5 Å². The van der Waals surface area contributed by atoms with Crippen molar-refractivity contribution in [2.45, 2.75) is 32.0 Å². The fraction of sp³-hybridized carbons (Fsp3) is 0.207. The van der Waals surface area contributed by atoms with Crippen molar-refractivity contribution in [2.24, 2.45) is 0 Å². The molecule has 5 rings (SSSR count). The highest BCUT2D eigenvalue weighted by Gasteiger charge is 2.34. The smallest absolute Gasteiger partial charge is 0.240 e. The Labute approximate surface area is 204 Å². The maximum Gasteiger partial charge on any atom is 0.240 e. The molecule has 178 valence electrons. The molecule has 3 N–H and O–H groups in total. The first-order valence-electron chi connectivity index (χ1n) is 11.7. The van der Waals surface area contributed by atoms with Gasteiger partial charge in [-0.3, -0.25) is 10.1 Å². The van der Waals surface area contributed by atoms with Gasteiger partial charge in [0.25, 0.3) is 0 Å². The van der Waals surface area contributed by atoms with Gasteiger partial charge in [0.15, 0.2) is 0 Å². The minimum Gasteiger partial charge on any atom is -0.497 e. The maximum atomic E-state index is 13.6. The Hall–Kier alpha value is -4.03. The lowest BCUT2D eigenvalue weighted by Crippen LogP contribution is -2.55. The second kappa shape index (κ2) is 9.68. The topological polar surface area (TPSA) is 79.3 Å². The first-order valence-corrected chi connectivity index (χ1v) is 11.7. The van der Waals surface area contributed by atoms with Gasteiger partial charge in [0.1, 0.15) is 17.1 Å². The molecule has 1 amide bonds. The van der Waals surface area contributed by atoms with E-state index in [0.717, 1.165) is 44.5 Å². The van der Waals surface area contributed by atoms with Crippen LogP contribution in [0.25, 0.3) is 21.9 Å². The first-order chi connectivity index (χ1) is 17.0. The molecule has 0 fully saturated rings. The van der Waals surface area contributed by atoms with Crippen LogP contribution in [0.15, 0.2) is 89.5 Å². The third-order valence-corrected chi connectivity index (χ3v) is 6.44. The zero-order valence-corrected chi connectivity index (χ0v) is 19.9. The molecule has 0 unspecified atom stereocenters. The Morgan fingerprint density at radius 2 is 1.83 bits per heavy atom. The fourth-order valence-corrected chi connectivity index (χ4v) is 4.45.